The molecule has 0 amide bonds. The number of carboxylic acid groups (broad SMARTS) is 1. The van der Waals surface area contributed by atoms with Crippen LogP contribution in [0, 0.1) is 0 Å². The van der Waals surface area contributed by atoms with Gasteiger partial charge in [0.1, 0.15) is 6.04 Å². The Morgan fingerprint density at radius 3 is 2.24 bits per heavy atom. The second kappa shape index (κ2) is 6.32. The zero-order valence-corrected chi connectivity index (χ0v) is 10.3. The third kappa shape index (κ3) is 4.13. The molecule has 0 aliphatic heterocycles. The van der Waals surface area contributed by atoms with Crippen molar-refractivity contribution in [2.75, 3.05) is 0 Å². The predicted octanol–water partition coefficient (Wildman–Crippen LogP) is 0.673. The lowest BCUT2D eigenvalue weighted by molar-refractivity contribution is -0.143. The molecule has 6 nitrogen and oxygen atoms in total. The van der Waals surface area contributed by atoms with Crippen molar-refractivity contribution >= 4 is 11.9 Å². The third-order valence-corrected chi connectivity index (χ3v) is 3.18. The van der Waals surface area contributed by atoms with Crippen LogP contribution in [0.25, 0.3) is 0 Å². The summed E-state index contributed by atoms with van der Waals surface area (Å²) in [6, 6.07) is -0.564. The fraction of sp³-hybridized carbons (Fsp3) is 0.818. The first kappa shape index (κ1) is 13.6. The number of guanidine groups is 1. The molecular weight excluding hydrogens is 220 g/mol. The van der Waals surface area contributed by atoms with Crippen molar-refractivity contribution in [2.24, 2.45) is 16.6 Å². The van der Waals surface area contributed by atoms with Crippen molar-refractivity contribution in [3.05, 3.63) is 0 Å². The van der Waals surface area contributed by atoms with Gasteiger partial charge in [-0.25, -0.2) is 4.79 Å². The maximum Gasteiger partial charge on any atom is 0.327 e. The van der Waals surface area contributed by atoms with Crippen LogP contribution in [0.5, 0.6) is 0 Å². The van der Waals surface area contributed by atoms with Crippen LogP contribution in [0.1, 0.15) is 45.4 Å². The molecule has 1 aliphatic carbocycles. The Morgan fingerprint density at radius 2 is 1.82 bits per heavy atom. The van der Waals surface area contributed by atoms with Crippen molar-refractivity contribution < 1.29 is 9.90 Å². The molecule has 0 aromatic heterocycles. The summed E-state index contributed by atoms with van der Waals surface area (Å²) in [5.41, 5.74) is 10.7. The number of aliphatic carboxylic acids is 1. The van der Waals surface area contributed by atoms with Crippen LogP contribution in [0.2, 0.25) is 0 Å². The van der Waals surface area contributed by atoms with Crippen LogP contribution in [-0.4, -0.2) is 34.1 Å². The molecule has 98 valence electrons. The number of hydrazone groups is 1. The first-order valence-electron chi connectivity index (χ1n) is 6.13. The van der Waals surface area contributed by atoms with Crippen molar-refractivity contribution in [1.82, 2.24) is 5.01 Å². The van der Waals surface area contributed by atoms with Crippen LogP contribution < -0.4 is 11.5 Å². The Morgan fingerprint density at radius 1 is 1.29 bits per heavy atom. The highest BCUT2D eigenvalue weighted by Gasteiger charge is 2.27. The Balaban J connectivity index is 2.80. The topological polar surface area (TPSA) is 105 Å². The first-order valence-corrected chi connectivity index (χ1v) is 6.13. The maximum absolute atomic E-state index is 11.1. The van der Waals surface area contributed by atoms with Gasteiger partial charge in [-0.15, -0.1) is 5.10 Å². The lowest BCUT2D eigenvalue weighted by atomic mass is 10.1. The number of hydrogen-bond donors (Lipinski definition) is 3. The van der Waals surface area contributed by atoms with Crippen molar-refractivity contribution in [2.45, 2.75) is 57.5 Å². The lowest BCUT2D eigenvalue weighted by Gasteiger charge is -2.31. The molecule has 1 unspecified atom stereocenters. The van der Waals surface area contributed by atoms with Gasteiger partial charge >= 0.3 is 5.97 Å². The second-order valence-corrected chi connectivity index (χ2v) is 4.56. The van der Waals surface area contributed by atoms with Crippen molar-refractivity contribution in [1.29, 1.82) is 0 Å². The van der Waals surface area contributed by atoms with Gasteiger partial charge in [-0.3, -0.25) is 5.01 Å². The number of rotatable bonds is 4. The molecule has 0 radical (unpaired) electrons. The van der Waals surface area contributed by atoms with E-state index in [1.807, 2.05) is 0 Å². The Kier molecular flexibility index (Phi) is 5.06. The van der Waals surface area contributed by atoms with E-state index in [9.17, 15) is 4.79 Å². The molecule has 0 aromatic carbocycles. The summed E-state index contributed by atoms with van der Waals surface area (Å²) >= 11 is 0. The minimum Gasteiger partial charge on any atom is -0.480 e. The summed E-state index contributed by atoms with van der Waals surface area (Å²) in [5, 5.41) is 14.6. The highest BCUT2D eigenvalue weighted by atomic mass is 16.4. The highest BCUT2D eigenvalue weighted by molar-refractivity contribution is 5.76. The van der Waals surface area contributed by atoms with E-state index >= 15 is 0 Å². The average molecular weight is 242 g/mol. The largest absolute Gasteiger partial charge is 0.480 e. The standard InChI is InChI=1S/C11H22N4O2/c1-8(10(16)17)15(14-11(12)13)9-6-4-2-3-5-7-9/h8-9H,2-7H2,1H3,(H,16,17)(H4,12,13,14). The minimum absolute atomic E-state index is 0.0812. The van der Waals surface area contributed by atoms with E-state index in [1.54, 1.807) is 11.9 Å². The Labute approximate surface area is 102 Å². The molecule has 1 atom stereocenters. The van der Waals surface area contributed by atoms with Crippen molar-refractivity contribution in [3.8, 4) is 0 Å². The predicted molar refractivity (Wildman–Crippen MR) is 66.2 cm³/mol. The normalized spacial score (nSPS) is 19.1. The SMILES string of the molecule is CC(C(=O)O)N(N=C(N)N)C1CCCCCC1. The first-order chi connectivity index (χ1) is 8.02. The molecular formula is C11H22N4O2. The van der Waals surface area contributed by atoms with Gasteiger partial charge < -0.3 is 16.6 Å². The van der Waals surface area contributed by atoms with Crippen LogP contribution in [0.15, 0.2) is 5.10 Å². The summed E-state index contributed by atoms with van der Waals surface area (Å²) < 4.78 is 0. The summed E-state index contributed by atoms with van der Waals surface area (Å²) in [6.07, 6.45) is 6.52. The maximum atomic E-state index is 11.1. The van der Waals surface area contributed by atoms with E-state index < -0.39 is 12.0 Å². The summed E-state index contributed by atoms with van der Waals surface area (Å²) in [4.78, 5) is 11.1. The molecule has 0 spiro atoms. The average Bonchev–Trinajstić information content (AvgIpc) is 2.53. The summed E-state index contributed by atoms with van der Waals surface area (Å²) in [7, 11) is 0. The van der Waals surface area contributed by atoms with Gasteiger partial charge in [0.25, 0.3) is 0 Å². The molecule has 1 saturated carbocycles. The number of carboxylic acids is 1. The quantitative estimate of drug-likeness (QED) is 0.291. The molecule has 17 heavy (non-hydrogen) atoms. The number of hydrogen-bond acceptors (Lipinski definition) is 3. The Hall–Kier alpha value is -1.46. The monoisotopic (exact) mass is 242 g/mol. The van der Waals surface area contributed by atoms with Gasteiger partial charge in [0, 0.05) is 6.04 Å². The van der Waals surface area contributed by atoms with E-state index in [4.69, 9.17) is 16.6 Å². The van der Waals surface area contributed by atoms with Gasteiger partial charge in [0.2, 0.25) is 5.96 Å². The molecule has 0 saturated heterocycles. The van der Waals surface area contributed by atoms with Crippen molar-refractivity contribution in [3.63, 3.8) is 0 Å². The van der Waals surface area contributed by atoms with E-state index in [1.165, 1.54) is 12.8 Å². The fourth-order valence-corrected chi connectivity index (χ4v) is 2.25. The van der Waals surface area contributed by atoms with E-state index in [0.717, 1.165) is 25.7 Å². The molecule has 1 fully saturated rings. The minimum atomic E-state index is -0.903. The summed E-state index contributed by atoms with van der Waals surface area (Å²) in [6.45, 7) is 1.61. The zero-order valence-electron chi connectivity index (χ0n) is 10.3. The van der Waals surface area contributed by atoms with Crippen LogP contribution >= 0.6 is 0 Å². The fourth-order valence-electron chi connectivity index (χ4n) is 2.25. The lowest BCUT2D eigenvalue weighted by Crippen LogP contribution is -2.44. The molecule has 0 bridgehead atoms. The molecule has 5 N–H and O–H groups in total. The third-order valence-electron chi connectivity index (χ3n) is 3.18. The van der Waals surface area contributed by atoms with Crippen LogP contribution in [0.4, 0.5) is 0 Å². The molecule has 0 heterocycles. The number of nitrogens with two attached hydrogens (primary N) is 2. The van der Waals surface area contributed by atoms with E-state index in [-0.39, 0.29) is 12.0 Å². The number of nitrogens with zero attached hydrogens (tertiary/aromatic N) is 2. The van der Waals surface area contributed by atoms with Gasteiger partial charge in [0.05, 0.1) is 0 Å². The molecule has 1 rings (SSSR count). The molecule has 0 aromatic rings. The zero-order chi connectivity index (χ0) is 12.8. The number of carbonyl (C=O) groups is 1. The Bertz CT molecular complexity index is 281. The van der Waals surface area contributed by atoms with Gasteiger partial charge in [-0.05, 0) is 19.8 Å². The molecule has 1 aliphatic rings. The van der Waals surface area contributed by atoms with Crippen LogP contribution in [0.3, 0.4) is 0 Å². The van der Waals surface area contributed by atoms with Gasteiger partial charge in [0.15, 0.2) is 0 Å². The van der Waals surface area contributed by atoms with Crippen LogP contribution in [-0.2, 0) is 4.79 Å². The van der Waals surface area contributed by atoms with E-state index in [0.29, 0.717) is 0 Å². The van der Waals surface area contributed by atoms with Gasteiger partial charge in [-0.2, -0.15) is 0 Å². The second-order valence-electron chi connectivity index (χ2n) is 4.56. The van der Waals surface area contributed by atoms with E-state index in [2.05, 4.69) is 5.10 Å². The highest BCUT2D eigenvalue weighted by Crippen LogP contribution is 2.23. The smallest absolute Gasteiger partial charge is 0.327 e. The van der Waals surface area contributed by atoms with Gasteiger partial charge in [-0.1, -0.05) is 25.7 Å². The summed E-state index contributed by atoms with van der Waals surface area (Å²) in [5.74, 6) is -0.985. The molecule has 6 heteroatoms.